The smallest absolute Gasteiger partial charge is 0.319 e. The SMILES string of the molecule is O=C(NCC1COc2ccccc2C1)Nc1cccc([N+](=O)[O-])c1. The fraction of sp³-hybridized carbons (Fsp3) is 0.235. The van der Waals surface area contributed by atoms with Crippen LogP contribution in [0.15, 0.2) is 48.5 Å². The van der Waals surface area contributed by atoms with Crippen molar-refractivity contribution in [1.82, 2.24) is 5.32 Å². The van der Waals surface area contributed by atoms with Crippen LogP contribution in [0.1, 0.15) is 5.56 Å². The van der Waals surface area contributed by atoms with Gasteiger partial charge in [-0.05, 0) is 24.1 Å². The number of urea groups is 1. The van der Waals surface area contributed by atoms with E-state index in [2.05, 4.69) is 10.6 Å². The lowest BCUT2D eigenvalue weighted by Gasteiger charge is -2.25. The van der Waals surface area contributed by atoms with Crippen LogP contribution < -0.4 is 15.4 Å². The van der Waals surface area contributed by atoms with E-state index in [1.165, 1.54) is 18.2 Å². The quantitative estimate of drug-likeness (QED) is 0.667. The summed E-state index contributed by atoms with van der Waals surface area (Å²) in [6.45, 7) is 1.02. The van der Waals surface area contributed by atoms with Crippen molar-refractivity contribution in [1.29, 1.82) is 0 Å². The molecule has 2 aromatic rings. The molecule has 1 atom stereocenters. The third-order valence-corrected chi connectivity index (χ3v) is 3.82. The molecule has 0 saturated heterocycles. The predicted octanol–water partition coefficient (Wildman–Crippen LogP) is 2.97. The van der Waals surface area contributed by atoms with Crippen molar-refractivity contribution in [3.8, 4) is 5.75 Å². The molecule has 7 nitrogen and oxygen atoms in total. The number of hydrogen-bond donors (Lipinski definition) is 2. The molecule has 1 aliphatic rings. The van der Waals surface area contributed by atoms with Gasteiger partial charge in [0.15, 0.2) is 0 Å². The number of para-hydroxylation sites is 1. The molecular formula is C17H17N3O4. The van der Waals surface area contributed by atoms with Gasteiger partial charge in [-0.25, -0.2) is 4.79 Å². The Morgan fingerprint density at radius 1 is 1.25 bits per heavy atom. The molecule has 0 radical (unpaired) electrons. The van der Waals surface area contributed by atoms with Crippen molar-refractivity contribution in [2.24, 2.45) is 5.92 Å². The zero-order chi connectivity index (χ0) is 16.9. The highest BCUT2D eigenvalue weighted by Crippen LogP contribution is 2.26. The van der Waals surface area contributed by atoms with E-state index < -0.39 is 11.0 Å². The van der Waals surface area contributed by atoms with Crippen molar-refractivity contribution in [3.63, 3.8) is 0 Å². The molecule has 24 heavy (non-hydrogen) atoms. The lowest BCUT2D eigenvalue weighted by Crippen LogP contribution is -2.37. The highest BCUT2D eigenvalue weighted by atomic mass is 16.6. The zero-order valence-electron chi connectivity index (χ0n) is 12.9. The van der Waals surface area contributed by atoms with Gasteiger partial charge in [-0.15, -0.1) is 0 Å². The summed E-state index contributed by atoms with van der Waals surface area (Å²) >= 11 is 0. The average molecular weight is 327 g/mol. The Balaban J connectivity index is 1.51. The highest BCUT2D eigenvalue weighted by Gasteiger charge is 2.20. The van der Waals surface area contributed by atoms with Crippen molar-refractivity contribution in [2.75, 3.05) is 18.5 Å². The summed E-state index contributed by atoms with van der Waals surface area (Å²) in [5, 5.41) is 16.1. The molecule has 0 fully saturated rings. The monoisotopic (exact) mass is 327 g/mol. The Hall–Kier alpha value is -3.09. The summed E-state index contributed by atoms with van der Waals surface area (Å²) in [5.41, 5.74) is 1.45. The molecule has 0 aliphatic carbocycles. The van der Waals surface area contributed by atoms with Gasteiger partial charge < -0.3 is 15.4 Å². The first-order valence-corrected chi connectivity index (χ1v) is 7.62. The topological polar surface area (TPSA) is 93.5 Å². The van der Waals surface area contributed by atoms with Crippen LogP contribution in [0.3, 0.4) is 0 Å². The van der Waals surface area contributed by atoms with Gasteiger partial charge in [0.05, 0.1) is 11.5 Å². The Labute approximate surface area is 138 Å². The Bertz CT molecular complexity index is 763. The third-order valence-electron chi connectivity index (χ3n) is 3.82. The largest absolute Gasteiger partial charge is 0.493 e. The molecule has 0 spiro atoms. The zero-order valence-corrected chi connectivity index (χ0v) is 12.9. The second-order valence-corrected chi connectivity index (χ2v) is 5.63. The standard InChI is InChI=1S/C17H17N3O4/c21-17(19-14-5-3-6-15(9-14)20(22)23)18-10-12-8-13-4-1-2-7-16(13)24-11-12/h1-7,9,12H,8,10-11H2,(H2,18,19,21). The minimum absolute atomic E-state index is 0.0647. The minimum Gasteiger partial charge on any atom is -0.493 e. The van der Waals surface area contributed by atoms with E-state index in [9.17, 15) is 14.9 Å². The number of carbonyl (C=O) groups is 1. The van der Waals surface area contributed by atoms with E-state index in [1.807, 2.05) is 24.3 Å². The van der Waals surface area contributed by atoms with Crippen LogP contribution in [0.5, 0.6) is 5.75 Å². The molecule has 2 N–H and O–H groups in total. The Morgan fingerprint density at radius 2 is 2.08 bits per heavy atom. The first kappa shape index (κ1) is 15.8. The Kier molecular flexibility index (Phi) is 4.60. The number of anilines is 1. The van der Waals surface area contributed by atoms with Gasteiger partial charge in [0.25, 0.3) is 5.69 Å². The molecular weight excluding hydrogens is 310 g/mol. The molecule has 3 rings (SSSR count). The van der Waals surface area contributed by atoms with Crippen molar-refractivity contribution in [2.45, 2.75) is 6.42 Å². The van der Waals surface area contributed by atoms with Crippen molar-refractivity contribution in [3.05, 3.63) is 64.2 Å². The molecule has 0 saturated carbocycles. The second kappa shape index (κ2) is 6.99. The van der Waals surface area contributed by atoms with Crippen LogP contribution >= 0.6 is 0 Å². The van der Waals surface area contributed by atoms with Gasteiger partial charge in [-0.1, -0.05) is 24.3 Å². The van der Waals surface area contributed by atoms with E-state index in [0.717, 1.165) is 17.7 Å². The van der Waals surface area contributed by atoms with Gasteiger partial charge in [0.1, 0.15) is 5.75 Å². The molecule has 1 aliphatic heterocycles. The third kappa shape index (κ3) is 3.81. The minimum atomic E-state index is -0.500. The molecule has 7 heteroatoms. The summed E-state index contributed by atoms with van der Waals surface area (Å²) in [6.07, 6.45) is 0.841. The highest BCUT2D eigenvalue weighted by molar-refractivity contribution is 5.89. The second-order valence-electron chi connectivity index (χ2n) is 5.63. The predicted molar refractivity (Wildman–Crippen MR) is 89.2 cm³/mol. The number of benzene rings is 2. The van der Waals surface area contributed by atoms with Crippen LogP contribution in [-0.2, 0) is 6.42 Å². The summed E-state index contributed by atoms with van der Waals surface area (Å²) in [4.78, 5) is 22.2. The number of nitro groups is 1. The van der Waals surface area contributed by atoms with Gasteiger partial charge in [0.2, 0.25) is 0 Å². The molecule has 0 aromatic heterocycles. The molecule has 1 unspecified atom stereocenters. The van der Waals surface area contributed by atoms with Crippen LogP contribution in [0.2, 0.25) is 0 Å². The molecule has 124 valence electrons. The van der Waals surface area contributed by atoms with E-state index >= 15 is 0 Å². The first-order valence-electron chi connectivity index (χ1n) is 7.62. The molecule has 2 amide bonds. The van der Waals surface area contributed by atoms with Gasteiger partial charge in [-0.2, -0.15) is 0 Å². The van der Waals surface area contributed by atoms with Crippen LogP contribution in [0.4, 0.5) is 16.2 Å². The fourth-order valence-electron chi connectivity index (χ4n) is 2.63. The molecule has 0 bridgehead atoms. The number of amides is 2. The van der Waals surface area contributed by atoms with Crippen molar-refractivity contribution >= 4 is 17.4 Å². The number of hydrogen-bond acceptors (Lipinski definition) is 4. The normalized spacial score (nSPS) is 15.8. The number of ether oxygens (including phenoxy) is 1. The maximum atomic E-state index is 11.9. The Morgan fingerprint density at radius 3 is 2.92 bits per heavy atom. The fourth-order valence-corrected chi connectivity index (χ4v) is 2.63. The van der Waals surface area contributed by atoms with Gasteiger partial charge in [0, 0.05) is 30.3 Å². The van der Waals surface area contributed by atoms with Crippen LogP contribution in [0.25, 0.3) is 0 Å². The summed E-state index contributed by atoms with van der Waals surface area (Å²) in [5.74, 6) is 1.09. The van der Waals surface area contributed by atoms with Gasteiger partial charge in [-0.3, -0.25) is 10.1 Å². The number of fused-ring (bicyclic) bond motifs is 1. The number of non-ortho nitro benzene ring substituents is 1. The van der Waals surface area contributed by atoms with Crippen LogP contribution in [0, 0.1) is 16.0 Å². The van der Waals surface area contributed by atoms with Crippen LogP contribution in [-0.4, -0.2) is 24.1 Å². The maximum Gasteiger partial charge on any atom is 0.319 e. The number of nitro benzene ring substituents is 1. The van der Waals surface area contributed by atoms with Gasteiger partial charge >= 0.3 is 6.03 Å². The van der Waals surface area contributed by atoms with E-state index in [1.54, 1.807) is 6.07 Å². The average Bonchev–Trinajstić information content (AvgIpc) is 2.60. The number of rotatable bonds is 4. The van der Waals surface area contributed by atoms with E-state index in [4.69, 9.17) is 4.74 Å². The van der Waals surface area contributed by atoms with Crippen molar-refractivity contribution < 1.29 is 14.5 Å². The summed E-state index contributed by atoms with van der Waals surface area (Å²) < 4.78 is 5.68. The first-order chi connectivity index (χ1) is 11.6. The molecule has 1 heterocycles. The summed E-state index contributed by atoms with van der Waals surface area (Å²) in [7, 11) is 0. The number of carbonyl (C=O) groups excluding carboxylic acids is 1. The number of nitrogens with one attached hydrogen (secondary N) is 2. The lowest BCUT2D eigenvalue weighted by molar-refractivity contribution is -0.384. The van der Waals surface area contributed by atoms with E-state index in [-0.39, 0.29) is 11.6 Å². The van der Waals surface area contributed by atoms with E-state index in [0.29, 0.717) is 18.8 Å². The molecule has 2 aromatic carbocycles. The maximum absolute atomic E-state index is 11.9. The lowest BCUT2D eigenvalue weighted by atomic mass is 9.97. The summed E-state index contributed by atoms with van der Waals surface area (Å²) in [6, 6.07) is 13.3. The number of nitrogens with zero attached hydrogens (tertiary/aromatic N) is 1.